The Bertz CT molecular complexity index is 677. The maximum absolute atomic E-state index is 11.8. The molecule has 1 heterocycles. The number of rotatable bonds is 6. The number of nitrogens with one attached hydrogen (secondary N) is 3. The Hall–Kier alpha value is -2.76. The predicted octanol–water partition coefficient (Wildman–Crippen LogP) is 2.20. The van der Waals surface area contributed by atoms with E-state index in [2.05, 4.69) is 20.8 Å². The van der Waals surface area contributed by atoms with E-state index in [1.165, 1.54) is 0 Å². The second-order valence-corrected chi connectivity index (χ2v) is 4.88. The van der Waals surface area contributed by atoms with Crippen LogP contribution in [0.3, 0.4) is 0 Å². The average Bonchev–Trinajstić information content (AvgIpc) is 2.83. The number of aryl methyl sites for hydroxylation is 2. The zero-order valence-corrected chi connectivity index (χ0v) is 12.9. The molecule has 1 amide bonds. The molecule has 0 aliphatic heterocycles. The van der Waals surface area contributed by atoms with Crippen molar-refractivity contribution >= 4 is 17.8 Å². The highest BCUT2D eigenvalue weighted by Crippen LogP contribution is 2.22. The van der Waals surface area contributed by atoms with Crippen LogP contribution < -0.4 is 15.5 Å². The summed E-state index contributed by atoms with van der Waals surface area (Å²) in [5.41, 5.74) is 6.28. The van der Waals surface area contributed by atoms with Crippen LogP contribution in [-0.4, -0.2) is 30.8 Å². The number of methoxy groups -OCH3 is 1. The van der Waals surface area contributed by atoms with Gasteiger partial charge < -0.3 is 15.0 Å². The molecular formula is C16H20N4O2. The number of anilines is 1. The molecule has 2 aromatic rings. The molecule has 0 atom stereocenters. The van der Waals surface area contributed by atoms with Gasteiger partial charge >= 0.3 is 0 Å². The molecule has 0 radical (unpaired) electrons. The lowest BCUT2D eigenvalue weighted by atomic mass is 10.3. The molecule has 0 unspecified atom stereocenters. The first-order chi connectivity index (χ1) is 10.6. The van der Waals surface area contributed by atoms with Gasteiger partial charge in [-0.3, -0.25) is 4.79 Å². The SMILES string of the molecule is COc1ccccc1NCC(=O)N/N=C/c1cc(C)[nH]c1C. The Kier molecular flexibility index (Phi) is 5.19. The van der Waals surface area contributed by atoms with E-state index in [0.29, 0.717) is 5.75 Å². The number of carbonyl (C=O) groups is 1. The van der Waals surface area contributed by atoms with Gasteiger partial charge in [0.1, 0.15) is 5.75 Å². The number of H-pyrrole nitrogens is 1. The Balaban J connectivity index is 1.84. The van der Waals surface area contributed by atoms with Gasteiger partial charge in [-0.2, -0.15) is 5.10 Å². The molecule has 1 aromatic heterocycles. The van der Waals surface area contributed by atoms with Crippen molar-refractivity contribution in [1.82, 2.24) is 10.4 Å². The van der Waals surface area contributed by atoms with Crippen molar-refractivity contribution in [3.8, 4) is 5.75 Å². The van der Waals surface area contributed by atoms with Crippen LogP contribution in [0.1, 0.15) is 17.0 Å². The summed E-state index contributed by atoms with van der Waals surface area (Å²) in [6, 6.07) is 9.39. The van der Waals surface area contributed by atoms with E-state index >= 15 is 0 Å². The van der Waals surface area contributed by atoms with E-state index in [9.17, 15) is 4.79 Å². The number of amides is 1. The van der Waals surface area contributed by atoms with Crippen LogP contribution in [0, 0.1) is 13.8 Å². The monoisotopic (exact) mass is 300 g/mol. The first kappa shape index (κ1) is 15.6. The second-order valence-electron chi connectivity index (χ2n) is 4.88. The van der Waals surface area contributed by atoms with Crippen LogP contribution in [0.15, 0.2) is 35.4 Å². The number of para-hydroxylation sites is 2. The van der Waals surface area contributed by atoms with Crippen molar-refractivity contribution in [2.24, 2.45) is 5.10 Å². The van der Waals surface area contributed by atoms with E-state index in [1.807, 2.05) is 44.2 Å². The summed E-state index contributed by atoms with van der Waals surface area (Å²) in [4.78, 5) is 14.9. The molecule has 3 N–H and O–H groups in total. The van der Waals surface area contributed by atoms with Crippen LogP contribution in [-0.2, 0) is 4.79 Å². The standard InChI is InChI=1S/C16H20N4O2/c1-11-8-13(12(2)19-11)9-18-20-16(21)10-17-14-6-4-5-7-15(14)22-3/h4-9,17,19H,10H2,1-3H3,(H,20,21)/b18-9+. The van der Waals surface area contributed by atoms with Gasteiger partial charge in [-0.05, 0) is 32.0 Å². The van der Waals surface area contributed by atoms with Gasteiger partial charge in [0.25, 0.3) is 5.91 Å². The quantitative estimate of drug-likeness (QED) is 0.565. The molecule has 1 aromatic carbocycles. The number of nitrogens with zero attached hydrogens (tertiary/aromatic N) is 1. The van der Waals surface area contributed by atoms with Crippen molar-refractivity contribution in [2.75, 3.05) is 19.0 Å². The van der Waals surface area contributed by atoms with Crippen molar-refractivity contribution in [2.45, 2.75) is 13.8 Å². The van der Waals surface area contributed by atoms with E-state index in [-0.39, 0.29) is 12.5 Å². The average molecular weight is 300 g/mol. The molecule has 0 aliphatic rings. The molecule has 6 heteroatoms. The fourth-order valence-corrected chi connectivity index (χ4v) is 2.06. The summed E-state index contributed by atoms with van der Waals surface area (Å²) >= 11 is 0. The lowest BCUT2D eigenvalue weighted by Gasteiger charge is -2.09. The number of hydrogen-bond donors (Lipinski definition) is 3. The van der Waals surface area contributed by atoms with Crippen LogP contribution in [0.2, 0.25) is 0 Å². The predicted molar refractivity (Wildman–Crippen MR) is 87.5 cm³/mol. The van der Waals surface area contributed by atoms with Gasteiger partial charge in [-0.15, -0.1) is 0 Å². The first-order valence-electron chi connectivity index (χ1n) is 6.95. The Morgan fingerprint density at radius 3 is 2.82 bits per heavy atom. The molecule has 116 valence electrons. The third-order valence-corrected chi connectivity index (χ3v) is 3.13. The lowest BCUT2D eigenvalue weighted by Crippen LogP contribution is -2.26. The molecule has 0 bridgehead atoms. The van der Waals surface area contributed by atoms with Crippen LogP contribution in [0.5, 0.6) is 5.75 Å². The fourth-order valence-electron chi connectivity index (χ4n) is 2.06. The van der Waals surface area contributed by atoms with E-state index in [0.717, 1.165) is 22.6 Å². The molecule has 22 heavy (non-hydrogen) atoms. The van der Waals surface area contributed by atoms with Crippen molar-refractivity contribution < 1.29 is 9.53 Å². The van der Waals surface area contributed by atoms with Gasteiger partial charge in [0.15, 0.2) is 0 Å². The summed E-state index contributed by atoms with van der Waals surface area (Å²) < 4.78 is 5.20. The van der Waals surface area contributed by atoms with Gasteiger partial charge in [-0.1, -0.05) is 12.1 Å². The third kappa shape index (κ3) is 4.12. The molecule has 0 saturated heterocycles. The van der Waals surface area contributed by atoms with Gasteiger partial charge in [-0.25, -0.2) is 5.43 Å². The third-order valence-electron chi connectivity index (χ3n) is 3.13. The minimum Gasteiger partial charge on any atom is -0.495 e. The zero-order valence-electron chi connectivity index (χ0n) is 12.9. The normalized spacial score (nSPS) is 10.7. The Morgan fingerprint density at radius 2 is 2.14 bits per heavy atom. The first-order valence-corrected chi connectivity index (χ1v) is 6.95. The Labute approximate surface area is 129 Å². The minimum absolute atomic E-state index is 0.114. The Morgan fingerprint density at radius 1 is 1.36 bits per heavy atom. The summed E-state index contributed by atoms with van der Waals surface area (Å²) in [5.74, 6) is 0.462. The van der Waals surface area contributed by atoms with Crippen molar-refractivity contribution in [3.63, 3.8) is 0 Å². The number of benzene rings is 1. The molecule has 0 fully saturated rings. The smallest absolute Gasteiger partial charge is 0.259 e. The summed E-state index contributed by atoms with van der Waals surface area (Å²) in [5, 5.41) is 6.97. The molecule has 0 aliphatic carbocycles. The zero-order chi connectivity index (χ0) is 15.9. The summed E-state index contributed by atoms with van der Waals surface area (Å²) in [6.07, 6.45) is 1.62. The molecule has 2 rings (SSSR count). The number of carbonyl (C=O) groups excluding carboxylic acids is 1. The van der Waals surface area contributed by atoms with Crippen molar-refractivity contribution in [3.05, 3.63) is 47.3 Å². The largest absolute Gasteiger partial charge is 0.495 e. The number of hydrogen-bond acceptors (Lipinski definition) is 4. The van der Waals surface area contributed by atoms with Gasteiger partial charge in [0.05, 0.1) is 25.6 Å². The highest BCUT2D eigenvalue weighted by molar-refractivity contribution is 5.85. The molecule has 0 spiro atoms. The highest BCUT2D eigenvalue weighted by atomic mass is 16.5. The summed E-state index contributed by atoms with van der Waals surface area (Å²) in [7, 11) is 1.59. The maximum atomic E-state index is 11.8. The van der Waals surface area contributed by atoms with Crippen LogP contribution in [0.4, 0.5) is 5.69 Å². The maximum Gasteiger partial charge on any atom is 0.259 e. The molecular weight excluding hydrogens is 280 g/mol. The lowest BCUT2D eigenvalue weighted by molar-refractivity contribution is -0.119. The number of ether oxygens (including phenoxy) is 1. The molecule has 6 nitrogen and oxygen atoms in total. The topological polar surface area (TPSA) is 78.5 Å². The highest BCUT2D eigenvalue weighted by Gasteiger charge is 2.04. The van der Waals surface area contributed by atoms with Gasteiger partial charge in [0, 0.05) is 17.0 Å². The second kappa shape index (κ2) is 7.31. The van der Waals surface area contributed by atoms with E-state index in [1.54, 1.807) is 13.3 Å². The fraction of sp³-hybridized carbons (Fsp3) is 0.250. The minimum atomic E-state index is -0.230. The van der Waals surface area contributed by atoms with E-state index < -0.39 is 0 Å². The molecule has 0 saturated carbocycles. The van der Waals surface area contributed by atoms with E-state index in [4.69, 9.17) is 4.74 Å². The number of aromatic amines is 1. The van der Waals surface area contributed by atoms with Crippen molar-refractivity contribution in [1.29, 1.82) is 0 Å². The summed E-state index contributed by atoms with van der Waals surface area (Å²) in [6.45, 7) is 4.04. The van der Waals surface area contributed by atoms with Gasteiger partial charge in [0.2, 0.25) is 0 Å². The number of hydrazone groups is 1. The number of aromatic nitrogens is 1. The van der Waals surface area contributed by atoms with Crippen LogP contribution in [0.25, 0.3) is 0 Å². The van der Waals surface area contributed by atoms with Crippen LogP contribution >= 0.6 is 0 Å².